The highest BCUT2D eigenvalue weighted by Crippen LogP contribution is 2.31. The van der Waals surface area contributed by atoms with Gasteiger partial charge in [0.05, 0.1) is 0 Å². The summed E-state index contributed by atoms with van der Waals surface area (Å²) in [5, 5.41) is 0. The maximum Gasteiger partial charge on any atom is 0.263 e. The Balaban J connectivity index is 3.61. The summed E-state index contributed by atoms with van der Waals surface area (Å²) >= 11 is 1.25. The smallest absolute Gasteiger partial charge is 0.263 e. The normalized spacial score (nSPS) is 11.6. The summed E-state index contributed by atoms with van der Waals surface area (Å²) in [6.07, 6.45) is 0.522. The molecule has 0 fully saturated rings. The lowest BCUT2D eigenvalue weighted by Crippen LogP contribution is -1.95. The molecule has 1 rings (SSSR count). The van der Waals surface area contributed by atoms with Crippen LogP contribution in [-0.4, -0.2) is 14.7 Å². The predicted molar refractivity (Wildman–Crippen MR) is 52.2 cm³/mol. The van der Waals surface area contributed by atoms with Gasteiger partial charge in [-0.15, -0.1) is 11.3 Å². The number of carbonyl (C=O) groups is 1. The monoisotopic (exact) mass is 238 g/mol. The van der Waals surface area contributed by atoms with Crippen molar-refractivity contribution in [3.63, 3.8) is 0 Å². The minimum Gasteiger partial charge on any atom is -0.298 e. The van der Waals surface area contributed by atoms with Gasteiger partial charge >= 0.3 is 0 Å². The first-order valence-corrected chi connectivity index (χ1v) is 6.50. The van der Waals surface area contributed by atoms with E-state index in [1.807, 2.05) is 0 Å². The third-order valence-electron chi connectivity index (χ3n) is 1.61. The molecular formula is C7H7ClO3S2. The van der Waals surface area contributed by atoms with Gasteiger partial charge in [0, 0.05) is 26.0 Å². The van der Waals surface area contributed by atoms with E-state index in [4.69, 9.17) is 10.7 Å². The molecule has 0 aliphatic carbocycles. The third kappa shape index (κ3) is 1.92. The molecule has 72 valence electrons. The Labute approximate surface area is 84.8 Å². The van der Waals surface area contributed by atoms with Gasteiger partial charge in [-0.1, -0.05) is 0 Å². The Hall–Kier alpha value is -0.390. The molecule has 0 saturated carbocycles. The van der Waals surface area contributed by atoms with Gasteiger partial charge < -0.3 is 0 Å². The summed E-state index contributed by atoms with van der Waals surface area (Å²) in [4.78, 5) is 11.8. The summed E-state index contributed by atoms with van der Waals surface area (Å²) in [7, 11) is 1.38. The number of halogens is 1. The molecule has 0 unspecified atom stereocenters. The first-order valence-electron chi connectivity index (χ1n) is 3.37. The van der Waals surface area contributed by atoms with Crippen LogP contribution in [0.25, 0.3) is 0 Å². The van der Waals surface area contributed by atoms with Crippen molar-refractivity contribution >= 4 is 37.4 Å². The SMILES string of the molecule is Cc1sc(C)c(S(=O)(=O)Cl)c1C=O. The van der Waals surface area contributed by atoms with Crippen molar-refractivity contribution in [2.75, 3.05) is 0 Å². The van der Waals surface area contributed by atoms with E-state index in [1.165, 1.54) is 11.3 Å². The van der Waals surface area contributed by atoms with E-state index < -0.39 is 9.05 Å². The number of rotatable bonds is 2. The Morgan fingerprint density at radius 1 is 1.31 bits per heavy atom. The maximum absolute atomic E-state index is 11.1. The average molecular weight is 239 g/mol. The van der Waals surface area contributed by atoms with Gasteiger partial charge in [0.1, 0.15) is 4.90 Å². The fraction of sp³-hybridized carbons (Fsp3) is 0.286. The molecular weight excluding hydrogens is 232 g/mol. The van der Waals surface area contributed by atoms with Crippen LogP contribution in [0.4, 0.5) is 0 Å². The fourth-order valence-corrected chi connectivity index (χ4v) is 4.10. The van der Waals surface area contributed by atoms with Crippen molar-refractivity contribution in [1.29, 1.82) is 0 Å². The maximum atomic E-state index is 11.1. The zero-order chi connectivity index (χ0) is 10.2. The second-order valence-corrected chi connectivity index (χ2v) is 6.44. The van der Waals surface area contributed by atoms with E-state index in [0.717, 1.165) is 0 Å². The Kier molecular flexibility index (Phi) is 2.79. The highest BCUT2D eigenvalue weighted by Gasteiger charge is 2.22. The van der Waals surface area contributed by atoms with Crippen molar-refractivity contribution in [3.8, 4) is 0 Å². The highest BCUT2D eigenvalue weighted by atomic mass is 35.7. The van der Waals surface area contributed by atoms with E-state index in [0.29, 0.717) is 16.0 Å². The van der Waals surface area contributed by atoms with Crippen molar-refractivity contribution in [2.45, 2.75) is 18.7 Å². The van der Waals surface area contributed by atoms with Crippen LogP contribution in [0.2, 0.25) is 0 Å². The average Bonchev–Trinajstić information content (AvgIpc) is 2.23. The molecule has 0 radical (unpaired) electrons. The first kappa shape index (κ1) is 10.7. The zero-order valence-electron chi connectivity index (χ0n) is 7.00. The number of thiophene rings is 1. The summed E-state index contributed by atoms with van der Waals surface area (Å²) < 4.78 is 22.1. The Morgan fingerprint density at radius 3 is 2.15 bits per heavy atom. The van der Waals surface area contributed by atoms with Gasteiger partial charge in [0.2, 0.25) is 0 Å². The van der Waals surface area contributed by atoms with Crippen LogP contribution >= 0.6 is 22.0 Å². The minimum absolute atomic E-state index is 0.0494. The number of hydrogen-bond donors (Lipinski definition) is 0. The lowest BCUT2D eigenvalue weighted by Gasteiger charge is -1.94. The van der Waals surface area contributed by atoms with Gasteiger partial charge in [-0.3, -0.25) is 4.79 Å². The number of hydrogen-bond acceptors (Lipinski definition) is 4. The van der Waals surface area contributed by atoms with E-state index >= 15 is 0 Å². The lowest BCUT2D eigenvalue weighted by molar-refractivity contribution is 0.112. The summed E-state index contributed by atoms with van der Waals surface area (Å²) in [5.41, 5.74) is 0.178. The zero-order valence-corrected chi connectivity index (χ0v) is 9.39. The van der Waals surface area contributed by atoms with Crippen LogP contribution < -0.4 is 0 Å². The van der Waals surface area contributed by atoms with E-state index in [1.54, 1.807) is 13.8 Å². The number of aryl methyl sites for hydroxylation is 2. The molecule has 1 aromatic heterocycles. The molecule has 0 atom stereocenters. The minimum atomic E-state index is -3.80. The summed E-state index contributed by atoms with van der Waals surface area (Å²) in [6, 6.07) is 0. The van der Waals surface area contributed by atoms with Crippen LogP contribution in [-0.2, 0) is 9.05 Å². The first-order chi connectivity index (χ1) is 5.88. The topological polar surface area (TPSA) is 51.2 Å². The predicted octanol–water partition coefficient (Wildman–Crippen LogP) is 2.10. The van der Waals surface area contributed by atoms with Crippen LogP contribution in [0.1, 0.15) is 20.1 Å². The van der Waals surface area contributed by atoms with Gasteiger partial charge in [0.15, 0.2) is 6.29 Å². The van der Waals surface area contributed by atoms with Crippen molar-refractivity contribution in [2.24, 2.45) is 0 Å². The summed E-state index contributed by atoms with van der Waals surface area (Å²) in [5.74, 6) is 0. The number of aldehydes is 1. The van der Waals surface area contributed by atoms with Crippen LogP contribution in [0, 0.1) is 13.8 Å². The van der Waals surface area contributed by atoms with Crippen molar-refractivity contribution in [1.82, 2.24) is 0 Å². The molecule has 1 heterocycles. The second-order valence-electron chi connectivity index (χ2n) is 2.51. The largest absolute Gasteiger partial charge is 0.298 e. The van der Waals surface area contributed by atoms with Crippen LogP contribution in [0.15, 0.2) is 4.90 Å². The van der Waals surface area contributed by atoms with Crippen molar-refractivity contribution < 1.29 is 13.2 Å². The fourth-order valence-electron chi connectivity index (χ4n) is 1.12. The van der Waals surface area contributed by atoms with E-state index in [9.17, 15) is 13.2 Å². The Morgan fingerprint density at radius 2 is 1.85 bits per heavy atom. The lowest BCUT2D eigenvalue weighted by atomic mass is 10.3. The van der Waals surface area contributed by atoms with E-state index in [-0.39, 0.29) is 10.5 Å². The highest BCUT2D eigenvalue weighted by molar-refractivity contribution is 8.14. The molecule has 0 aromatic carbocycles. The third-order valence-corrected chi connectivity index (χ3v) is 4.25. The molecule has 0 aliphatic rings. The molecule has 13 heavy (non-hydrogen) atoms. The molecule has 3 nitrogen and oxygen atoms in total. The van der Waals surface area contributed by atoms with Gasteiger partial charge in [0.25, 0.3) is 9.05 Å². The molecule has 0 bridgehead atoms. The van der Waals surface area contributed by atoms with Crippen LogP contribution in [0.5, 0.6) is 0 Å². The molecule has 1 aromatic rings. The van der Waals surface area contributed by atoms with Crippen molar-refractivity contribution in [3.05, 3.63) is 15.3 Å². The van der Waals surface area contributed by atoms with Gasteiger partial charge in [-0.2, -0.15) is 0 Å². The van der Waals surface area contributed by atoms with Crippen LogP contribution in [0.3, 0.4) is 0 Å². The number of carbonyl (C=O) groups excluding carboxylic acids is 1. The quantitative estimate of drug-likeness (QED) is 0.586. The molecule has 0 saturated heterocycles. The molecule has 0 amide bonds. The van der Waals surface area contributed by atoms with E-state index in [2.05, 4.69) is 0 Å². The Bertz CT molecular complexity index is 445. The molecule has 0 aliphatic heterocycles. The summed E-state index contributed by atoms with van der Waals surface area (Å²) in [6.45, 7) is 3.31. The second kappa shape index (κ2) is 3.40. The van der Waals surface area contributed by atoms with Gasteiger partial charge in [-0.05, 0) is 13.8 Å². The standard InChI is InChI=1S/C7H7ClO3S2/c1-4-6(3-9)7(5(2)12-4)13(8,10)11/h3H,1-2H3. The molecule has 0 spiro atoms. The van der Waals surface area contributed by atoms with Gasteiger partial charge in [-0.25, -0.2) is 8.42 Å². The molecule has 0 N–H and O–H groups in total. The molecule has 6 heteroatoms.